The average molecular weight is 279 g/mol. The Hall–Kier alpha value is -2.38. The summed E-state index contributed by atoms with van der Waals surface area (Å²) < 4.78 is 26.0. The number of carbonyl (C=O) groups excluding carboxylic acids is 1. The number of hydrogen-bond donors (Lipinski definition) is 1. The van der Waals surface area contributed by atoms with Crippen molar-refractivity contribution in [3.05, 3.63) is 24.3 Å². The molecule has 20 heavy (non-hydrogen) atoms. The minimum Gasteiger partial charge on any atom is -0.321 e. The fourth-order valence-corrected chi connectivity index (χ4v) is 1.85. The molecule has 0 unspecified atom stereocenters. The Labute approximate surface area is 112 Å². The van der Waals surface area contributed by atoms with Gasteiger partial charge in [-0.25, -0.2) is 4.68 Å². The van der Waals surface area contributed by atoms with Crippen molar-refractivity contribution in [2.75, 3.05) is 5.32 Å². The standard InChI is InChI=1S/C12H11F2N5O/c13-10(14)12(20)15-8-3-1-7(2-4-8)11-16-17-18-19(11)9-5-6-9/h1-4,9-10H,5-6H2,(H,15,20). The molecule has 2 aromatic rings. The van der Waals surface area contributed by atoms with Gasteiger partial charge >= 0.3 is 6.43 Å². The van der Waals surface area contributed by atoms with Gasteiger partial charge in [0.25, 0.3) is 5.91 Å². The van der Waals surface area contributed by atoms with Crippen molar-refractivity contribution in [3.63, 3.8) is 0 Å². The number of hydrogen-bond acceptors (Lipinski definition) is 4. The molecule has 1 saturated carbocycles. The monoisotopic (exact) mass is 279 g/mol. The summed E-state index contributed by atoms with van der Waals surface area (Å²) in [6, 6.07) is 6.80. The summed E-state index contributed by atoms with van der Waals surface area (Å²) in [4.78, 5) is 10.9. The maximum absolute atomic E-state index is 12.1. The second kappa shape index (κ2) is 4.95. The number of amides is 1. The summed E-state index contributed by atoms with van der Waals surface area (Å²) in [5, 5.41) is 13.7. The molecule has 1 aliphatic carbocycles. The van der Waals surface area contributed by atoms with E-state index in [9.17, 15) is 13.6 Å². The Balaban J connectivity index is 1.79. The molecule has 1 aliphatic rings. The summed E-state index contributed by atoms with van der Waals surface area (Å²) >= 11 is 0. The maximum Gasteiger partial charge on any atom is 0.315 e. The third kappa shape index (κ3) is 2.49. The molecule has 1 aromatic heterocycles. The van der Waals surface area contributed by atoms with Crippen LogP contribution in [0.4, 0.5) is 14.5 Å². The number of nitrogens with zero attached hydrogens (tertiary/aromatic N) is 4. The van der Waals surface area contributed by atoms with Gasteiger partial charge in [0.15, 0.2) is 5.82 Å². The number of halogens is 2. The average Bonchev–Trinajstić information content (AvgIpc) is 3.17. The molecule has 3 rings (SSSR count). The van der Waals surface area contributed by atoms with E-state index in [0.29, 0.717) is 17.6 Å². The van der Waals surface area contributed by atoms with Gasteiger partial charge in [-0.05, 0) is 47.5 Å². The van der Waals surface area contributed by atoms with E-state index in [1.807, 2.05) is 0 Å². The molecule has 0 radical (unpaired) electrons. The fraction of sp³-hybridized carbons (Fsp3) is 0.333. The molecule has 8 heteroatoms. The lowest BCUT2D eigenvalue weighted by molar-refractivity contribution is -0.126. The van der Waals surface area contributed by atoms with E-state index >= 15 is 0 Å². The highest BCUT2D eigenvalue weighted by Crippen LogP contribution is 2.36. The number of rotatable bonds is 4. The van der Waals surface area contributed by atoms with Crippen LogP contribution in [-0.2, 0) is 4.79 Å². The quantitative estimate of drug-likeness (QED) is 0.927. The molecule has 0 saturated heterocycles. The predicted octanol–water partition coefficient (Wildman–Crippen LogP) is 1.88. The van der Waals surface area contributed by atoms with Crippen LogP contribution < -0.4 is 5.32 Å². The van der Waals surface area contributed by atoms with Crippen molar-refractivity contribution in [3.8, 4) is 11.4 Å². The van der Waals surface area contributed by atoms with Crippen LogP contribution in [0.1, 0.15) is 18.9 Å². The Morgan fingerprint density at radius 2 is 2.00 bits per heavy atom. The molecule has 104 valence electrons. The molecule has 1 N–H and O–H groups in total. The van der Waals surface area contributed by atoms with Crippen molar-refractivity contribution < 1.29 is 13.6 Å². The molecule has 0 spiro atoms. The van der Waals surface area contributed by atoms with Gasteiger partial charge in [0.2, 0.25) is 0 Å². The van der Waals surface area contributed by atoms with Crippen molar-refractivity contribution in [1.29, 1.82) is 0 Å². The van der Waals surface area contributed by atoms with Gasteiger partial charge in [0.05, 0.1) is 6.04 Å². The van der Waals surface area contributed by atoms with Gasteiger partial charge in [0.1, 0.15) is 0 Å². The zero-order chi connectivity index (χ0) is 14.1. The molecule has 1 heterocycles. The van der Waals surface area contributed by atoms with Crippen LogP contribution in [0.15, 0.2) is 24.3 Å². The molecule has 6 nitrogen and oxygen atoms in total. The Kier molecular flexibility index (Phi) is 3.13. The Morgan fingerprint density at radius 1 is 1.30 bits per heavy atom. The lowest BCUT2D eigenvalue weighted by atomic mass is 10.2. The molecule has 0 bridgehead atoms. The minimum atomic E-state index is -3.03. The predicted molar refractivity (Wildman–Crippen MR) is 66.2 cm³/mol. The Bertz CT molecular complexity index is 621. The SMILES string of the molecule is O=C(Nc1ccc(-c2nnnn2C2CC2)cc1)C(F)F. The highest BCUT2D eigenvalue weighted by molar-refractivity contribution is 5.93. The molecule has 0 atom stereocenters. The number of carbonyl (C=O) groups is 1. The summed E-state index contributed by atoms with van der Waals surface area (Å²) in [7, 11) is 0. The van der Waals surface area contributed by atoms with E-state index in [2.05, 4.69) is 20.8 Å². The van der Waals surface area contributed by atoms with E-state index in [4.69, 9.17) is 0 Å². The zero-order valence-electron chi connectivity index (χ0n) is 10.3. The maximum atomic E-state index is 12.1. The molecule has 1 amide bonds. The first-order valence-corrected chi connectivity index (χ1v) is 6.12. The van der Waals surface area contributed by atoms with Crippen molar-refractivity contribution in [2.24, 2.45) is 0 Å². The van der Waals surface area contributed by atoms with Gasteiger partial charge in [-0.2, -0.15) is 8.78 Å². The first-order valence-electron chi connectivity index (χ1n) is 6.12. The van der Waals surface area contributed by atoms with Gasteiger partial charge in [0, 0.05) is 11.3 Å². The number of tetrazole rings is 1. The third-order valence-electron chi connectivity index (χ3n) is 2.99. The minimum absolute atomic E-state index is 0.310. The lowest BCUT2D eigenvalue weighted by Gasteiger charge is -2.06. The lowest BCUT2D eigenvalue weighted by Crippen LogP contribution is -2.19. The van der Waals surface area contributed by atoms with E-state index in [0.717, 1.165) is 18.4 Å². The van der Waals surface area contributed by atoms with Crippen LogP contribution in [0, 0.1) is 0 Å². The largest absolute Gasteiger partial charge is 0.321 e. The van der Waals surface area contributed by atoms with Crippen molar-refractivity contribution in [2.45, 2.75) is 25.3 Å². The van der Waals surface area contributed by atoms with Gasteiger partial charge in [-0.3, -0.25) is 4.79 Å². The highest BCUT2D eigenvalue weighted by atomic mass is 19.3. The van der Waals surface area contributed by atoms with Crippen LogP contribution in [-0.4, -0.2) is 32.5 Å². The van der Waals surface area contributed by atoms with E-state index < -0.39 is 12.3 Å². The van der Waals surface area contributed by atoms with Crippen LogP contribution in [0.25, 0.3) is 11.4 Å². The number of nitrogens with one attached hydrogen (secondary N) is 1. The molecule has 1 fully saturated rings. The fourth-order valence-electron chi connectivity index (χ4n) is 1.85. The van der Waals surface area contributed by atoms with Crippen LogP contribution in [0.2, 0.25) is 0 Å². The van der Waals surface area contributed by atoms with E-state index in [1.54, 1.807) is 28.9 Å². The van der Waals surface area contributed by atoms with Gasteiger partial charge < -0.3 is 5.32 Å². The van der Waals surface area contributed by atoms with Crippen molar-refractivity contribution in [1.82, 2.24) is 20.2 Å². The molecular weight excluding hydrogens is 268 g/mol. The first kappa shape index (κ1) is 12.6. The number of benzene rings is 1. The van der Waals surface area contributed by atoms with E-state index in [-0.39, 0.29) is 0 Å². The third-order valence-corrected chi connectivity index (χ3v) is 2.99. The first-order chi connectivity index (χ1) is 9.65. The molecule has 0 aliphatic heterocycles. The smallest absolute Gasteiger partial charge is 0.315 e. The van der Waals surface area contributed by atoms with Crippen LogP contribution in [0.5, 0.6) is 0 Å². The molecular formula is C12H11F2N5O. The normalized spacial score (nSPS) is 14.6. The van der Waals surface area contributed by atoms with E-state index in [1.165, 1.54) is 0 Å². The zero-order valence-corrected chi connectivity index (χ0v) is 10.3. The number of aromatic nitrogens is 4. The van der Waals surface area contributed by atoms with Crippen molar-refractivity contribution >= 4 is 11.6 Å². The second-order valence-electron chi connectivity index (χ2n) is 4.55. The topological polar surface area (TPSA) is 72.7 Å². The summed E-state index contributed by atoms with van der Waals surface area (Å²) in [6.07, 6.45) is -0.918. The number of alkyl halides is 2. The molecule has 1 aromatic carbocycles. The summed E-state index contributed by atoms with van der Waals surface area (Å²) in [5.41, 5.74) is 1.08. The second-order valence-corrected chi connectivity index (χ2v) is 4.55. The van der Waals surface area contributed by atoms with Gasteiger partial charge in [-0.1, -0.05) is 0 Å². The Morgan fingerprint density at radius 3 is 2.60 bits per heavy atom. The highest BCUT2D eigenvalue weighted by Gasteiger charge is 2.28. The van der Waals surface area contributed by atoms with Crippen LogP contribution >= 0.6 is 0 Å². The summed E-state index contributed by atoms with van der Waals surface area (Å²) in [6.45, 7) is 0. The number of anilines is 1. The van der Waals surface area contributed by atoms with Gasteiger partial charge in [-0.15, -0.1) is 5.10 Å². The van der Waals surface area contributed by atoms with Crippen LogP contribution in [0.3, 0.4) is 0 Å². The summed E-state index contributed by atoms with van der Waals surface area (Å²) in [5.74, 6) is -0.681.